The molecule has 22 heavy (non-hydrogen) atoms. The second kappa shape index (κ2) is 5.93. The second-order valence-electron chi connectivity index (χ2n) is 6.07. The largest absolute Gasteiger partial charge is 0.481 e. The third kappa shape index (κ3) is 2.77. The van der Waals surface area contributed by atoms with Gasteiger partial charge in [-0.25, -0.2) is 0 Å². The molecule has 0 saturated heterocycles. The summed E-state index contributed by atoms with van der Waals surface area (Å²) in [5, 5.41) is 20.3. The molecule has 3 rings (SSSR count). The second-order valence-corrected chi connectivity index (χ2v) is 6.07. The van der Waals surface area contributed by atoms with Crippen LogP contribution < -0.4 is 0 Å². The zero-order valence-electron chi connectivity index (χ0n) is 12.4. The van der Waals surface area contributed by atoms with Gasteiger partial charge in [0, 0.05) is 0 Å². The van der Waals surface area contributed by atoms with E-state index in [1.165, 1.54) is 0 Å². The van der Waals surface area contributed by atoms with Gasteiger partial charge in [0.1, 0.15) is 5.92 Å². The Balaban J connectivity index is 1.92. The first-order valence-corrected chi connectivity index (χ1v) is 7.71. The first-order valence-electron chi connectivity index (χ1n) is 7.71. The number of benzene rings is 2. The average molecular weight is 296 g/mol. The molecule has 1 aliphatic rings. The first-order chi connectivity index (χ1) is 10.6. The van der Waals surface area contributed by atoms with Crippen molar-refractivity contribution in [2.24, 2.45) is 0 Å². The molecule has 0 aliphatic heterocycles. The molecule has 2 N–H and O–H groups in total. The van der Waals surface area contributed by atoms with E-state index in [0.29, 0.717) is 18.4 Å². The van der Waals surface area contributed by atoms with Crippen molar-refractivity contribution in [2.75, 3.05) is 0 Å². The van der Waals surface area contributed by atoms with E-state index in [4.69, 9.17) is 0 Å². The summed E-state index contributed by atoms with van der Waals surface area (Å²) in [5.41, 5.74) is 1.71. The molecule has 0 spiro atoms. The highest BCUT2D eigenvalue weighted by atomic mass is 16.4. The molecule has 0 amide bonds. The lowest BCUT2D eigenvalue weighted by atomic mass is 9.80. The van der Waals surface area contributed by atoms with Crippen LogP contribution in [-0.2, 0) is 4.79 Å². The van der Waals surface area contributed by atoms with E-state index in [9.17, 15) is 15.0 Å². The predicted octanol–water partition coefficient (Wildman–Crippen LogP) is 3.83. The van der Waals surface area contributed by atoms with Crippen molar-refractivity contribution >= 4 is 5.97 Å². The van der Waals surface area contributed by atoms with Crippen LogP contribution in [0.5, 0.6) is 0 Å². The van der Waals surface area contributed by atoms with Crippen LogP contribution in [0.4, 0.5) is 0 Å². The Morgan fingerprint density at radius 2 is 1.45 bits per heavy atom. The molecule has 0 radical (unpaired) electrons. The fraction of sp³-hybridized carbons (Fsp3) is 0.316. The maximum Gasteiger partial charge on any atom is 0.313 e. The molecule has 2 aromatic carbocycles. The molecule has 3 heteroatoms. The molecule has 0 aromatic heterocycles. The number of carboxylic acids is 1. The fourth-order valence-corrected chi connectivity index (χ4v) is 3.46. The summed E-state index contributed by atoms with van der Waals surface area (Å²) in [4.78, 5) is 11.7. The predicted molar refractivity (Wildman–Crippen MR) is 85.7 cm³/mol. The van der Waals surface area contributed by atoms with Crippen LogP contribution in [0, 0.1) is 0 Å². The van der Waals surface area contributed by atoms with Crippen molar-refractivity contribution in [1.82, 2.24) is 0 Å². The molecule has 114 valence electrons. The van der Waals surface area contributed by atoms with E-state index < -0.39 is 17.5 Å². The third-order valence-electron chi connectivity index (χ3n) is 4.60. The molecule has 3 nitrogen and oxygen atoms in total. The number of hydrogen-bond acceptors (Lipinski definition) is 2. The summed E-state index contributed by atoms with van der Waals surface area (Å²) in [7, 11) is 0. The summed E-state index contributed by atoms with van der Waals surface area (Å²) in [6.45, 7) is 0. The average Bonchev–Trinajstić information content (AvgIpc) is 2.96. The van der Waals surface area contributed by atoms with Gasteiger partial charge in [-0.1, -0.05) is 67.4 Å². The lowest BCUT2D eigenvalue weighted by Crippen LogP contribution is -2.38. The molecule has 2 aromatic rings. The highest BCUT2D eigenvalue weighted by molar-refractivity contribution is 5.78. The van der Waals surface area contributed by atoms with Gasteiger partial charge < -0.3 is 10.2 Å². The maximum absolute atomic E-state index is 11.7. The Kier molecular flexibility index (Phi) is 3.99. The summed E-state index contributed by atoms with van der Waals surface area (Å²) < 4.78 is 0. The summed E-state index contributed by atoms with van der Waals surface area (Å²) in [5.74, 6) is -1.79. The highest BCUT2D eigenvalue weighted by Gasteiger charge is 2.44. The number of aliphatic hydroxyl groups is 1. The third-order valence-corrected chi connectivity index (χ3v) is 4.60. The SMILES string of the molecule is O=C(O)C(c1ccc(-c2ccccc2)cc1)C1(O)CCCC1. The van der Waals surface area contributed by atoms with E-state index >= 15 is 0 Å². The molecule has 1 unspecified atom stereocenters. The minimum Gasteiger partial charge on any atom is -0.481 e. The van der Waals surface area contributed by atoms with Gasteiger partial charge in [-0.3, -0.25) is 4.79 Å². The van der Waals surface area contributed by atoms with Gasteiger partial charge in [-0.2, -0.15) is 0 Å². The zero-order valence-corrected chi connectivity index (χ0v) is 12.4. The zero-order chi connectivity index (χ0) is 15.6. The van der Waals surface area contributed by atoms with E-state index in [0.717, 1.165) is 24.0 Å². The standard InChI is InChI=1S/C19H20O3/c20-18(21)17(19(22)12-4-5-13-19)16-10-8-15(9-11-16)14-6-2-1-3-7-14/h1-3,6-11,17,22H,4-5,12-13H2,(H,20,21). The first kappa shape index (κ1) is 14.8. The molecule has 1 atom stereocenters. The lowest BCUT2D eigenvalue weighted by molar-refractivity contribution is -0.145. The Labute approximate surface area is 130 Å². The Bertz CT molecular complexity index is 640. The van der Waals surface area contributed by atoms with Gasteiger partial charge in [-0.05, 0) is 29.5 Å². The molecule has 0 bridgehead atoms. The van der Waals surface area contributed by atoms with Crippen molar-refractivity contribution in [3.8, 4) is 11.1 Å². The minimum absolute atomic E-state index is 0.560. The maximum atomic E-state index is 11.7. The van der Waals surface area contributed by atoms with Gasteiger partial charge in [0.2, 0.25) is 0 Å². The molecule has 0 heterocycles. The lowest BCUT2D eigenvalue weighted by Gasteiger charge is -2.29. The summed E-state index contributed by atoms with van der Waals surface area (Å²) in [6, 6.07) is 17.5. The topological polar surface area (TPSA) is 57.5 Å². The number of aliphatic carboxylic acids is 1. The molecule has 1 aliphatic carbocycles. The number of rotatable bonds is 4. The molecule has 1 fully saturated rings. The number of carbonyl (C=O) groups is 1. The van der Waals surface area contributed by atoms with Crippen molar-refractivity contribution in [1.29, 1.82) is 0 Å². The highest BCUT2D eigenvalue weighted by Crippen LogP contribution is 2.41. The molecular formula is C19H20O3. The van der Waals surface area contributed by atoms with Crippen LogP contribution in [0.25, 0.3) is 11.1 Å². The van der Waals surface area contributed by atoms with E-state index in [1.54, 1.807) is 0 Å². The van der Waals surface area contributed by atoms with Gasteiger partial charge in [-0.15, -0.1) is 0 Å². The monoisotopic (exact) mass is 296 g/mol. The minimum atomic E-state index is -1.11. The van der Waals surface area contributed by atoms with Gasteiger partial charge in [0.05, 0.1) is 5.60 Å². The van der Waals surface area contributed by atoms with Gasteiger partial charge >= 0.3 is 5.97 Å². The van der Waals surface area contributed by atoms with Crippen molar-refractivity contribution in [3.05, 3.63) is 60.2 Å². The van der Waals surface area contributed by atoms with Crippen LogP contribution in [-0.4, -0.2) is 21.8 Å². The van der Waals surface area contributed by atoms with Crippen molar-refractivity contribution < 1.29 is 15.0 Å². The van der Waals surface area contributed by atoms with Crippen LogP contribution >= 0.6 is 0 Å². The van der Waals surface area contributed by atoms with E-state index in [-0.39, 0.29) is 0 Å². The van der Waals surface area contributed by atoms with Crippen molar-refractivity contribution in [3.63, 3.8) is 0 Å². The fourth-order valence-electron chi connectivity index (χ4n) is 3.46. The van der Waals surface area contributed by atoms with Crippen LogP contribution in [0.2, 0.25) is 0 Å². The quantitative estimate of drug-likeness (QED) is 0.901. The summed E-state index contributed by atoms with van der Waals surface area (Å²) >= 11 is 0. The number of hydrogen-bond donors (Lipinski definition) is 2. The van der Waals surface area contributed by atoms with E-state index in [2.05, 4.69) is 0 Å². The normalized spacial score (nSPS) is 18.0. The Morgan fingerprint density at radius 1 is 0.909 bits per heavy atom. The van der Waals surface area contributed by atoms with Crippen LogP contribution in [0.3, 0.4) is 0 Å². The van der Waals surface area contributed by atoms with Crippen molar-refractivity contribution in [2.45, 2.75) is 37.2 Å². The molecular weight excluding hydrogens is 276 g/mol. The number of carboxylic acid groups (broad SMARTS) is 1. The van der Waals surface area contributed by atoms with Crippen LogP contribution in [0.1, 0.15) is 37.2 Å². The smallest absolute Gasteiger partial charge is 0.313 e. The summed E-state index contributed by atoms with van der Waals surface area (Å²) in [6.07, 6.45) is 2.90. The van der Waals surface area contributed by atoms with Crippen LogP contribution in [0.15, 0.2) is 54.6 Å². The van der Waals surface area contributed by atoms with E-state index in [1.807, 2.05) is 54.6 Å². The molecule has 1 saturated carbocycles. The van der Waals surface area contributed by atoms with Gasteiger partial charge in [0.25, 0.3) is 0 Å². The Hall–Kier alpha value is -2.13. The Morgan fingerprint density at radius 3 is 2.00 bits per heavy atom. The van der Waals surface area contributed by atoms with Gasteiger partial charge in [0.15, 0.2) is 0 Å².